The molecular formula is C8H7N2O2-. The van der Waals surface area contributed by atoms with Crippen molar-refractivity contribution in [1.29, 1.82) is 0 Å². The second-order valence-corrected chi connectivity index (χ2v) is 2.09. The number of nitrogens with one attached hydrogen (secondary N) is 1. The lowest BCUT2D eigenvalue weighted by atomic mass is 10.3. The number of amides is 1. The predicted octanol–water partition coefficient (Wildman–Crippen LogP) is 1.19. The molecule has 0 unspecified atom stereocenters. The van der Waals surface area contributed by atoms with Gasteiger partial charge in [-0.15, -0.1) is 0 Å². The van der Waals surface area contributed by atoms with Crippen LogP contribution in [0.3, 0.4) is 0 Å². The third-order valence-electron chi connectivity index (χ3n) is 1.21. The van der Waals surface area contributed by atoms with E-state index in [9.17, 15) is 10.0 Å². The highest BCUT2D eigenvalue weighted by Gasteiger charge is 1.94. The normalized spacial score (nSPS) is 10.0. The molecule has 12 heavy (non-hydrogen) atoms. The molecular weight excluding hydrogens is 156 g/mol. The van der Waals surface area contributed by atoms with E-state index >= 15 is 0 Å². The van der Waals surface area contributed by atoms with Crippen molar-refractivity contribution in [1.82, 2.24) is 0 Å². The molecule has 0 radical (unpaired) electrons. The van der Waals surface area contributed by atoms with E-state index in [4.69, 9.17) is 0 Å². The maximum absolute atomic E-state index is 10.8. The Bertz CT molecular complexity index is 282. The van der Waals surface area contributed by atoms with Crippen molar-refractivity contribution in [2.75, 3.05) is 5.32 Å². The molecule has 1 aromatic carbocycles. The molecule has 1 rings (SSSR count). The minimum Gasteiger partial charge on any atom is -0.792 e. The Kier molecular flexibility index (Phi) is 2.84. The van der Waals surface area contributed by atoms with Crippen LogP contribution in [0.2, 0.25) is 0 Å². The predicted molar refractivity (Wildman–Crippen MR) is 46.9 cm³/mol. The Hall–Kier alpha value is -1.84. The van der Waals surface area contributed by atoms with Crippen molar-refractivity contribution in [2.24, 2.45) is 5.16 Å². The molecule has 0 saturated carbocycles. The van der Waals surface area contributed by atoms with Gasteiger partial charge in [0, 0.05) is 5.69 Å². The number of benzene rings is 1. The van der Waals surface area contributed by atoms with Gasteiger partial charge < -0.3 is 15.7 Å². The van der Waals surface area contributed by atoms with Gasteiger partial charge >= 0.3 is 0 Å². The van der Waals surface area contributed by atoms with Crippen molar-refractivity contribution >= 4 is 17.8 Å². The van der Waals surface area contributed by atoms with Crippen LogP contribution >= 0.6 is 0 Å². The largest absolute Gasteiger partial charge is 0.792 e. The number of rotatable bonds is 2. The molecule has 1 amide bonds. The fraction of sp³-hybridized carbons (Fsp3) is 0. The smallest absolute Gasteiger partial charge is 0.265 e. The van der Waals surface area contributed by atoms with E-state index in [1.54, 1.807) is 24.3 Å². The average molecular weight is 163 g/mol. The van der Waals surface area contributed by atoms with Gasteiger partial charge in [0.05, 0.1) is 6.21 Å². The highest BCUT2D eigenvalue weighted by atomic mass is 16.4. The number of hydrogen-bond acceptors (Lipinski definition) is 3. The SMILES string of the molecule is O=C(/C=N/[O-])Nc1ccccc1. The molecule has 0 spiro atoms. The monoisotopic (exact) mass is 163 g/mol. The van der Waals surface area contributed by atoms with Crippen LogP contribution in [0.15, 0.2) is 35.5 Å². The lowest BCUT2D eigenvalue weighted by Crippen LogP contribution is -2.11. The van der Waals surface area contributed by atoms with Crippen molar-refractivity contribution in [2.45, 2.75) is 0 Å². The summed E-state index contributed by atoms with van der Waals surface area (Å²) < 4.78 is 0. The number of hydrogen-bond donors (Lipinski definition) is 1. The molecule has 0 aliphatic carbocycles. The Balaban J connectivity index is 2.59. The van der Waals surface area contributed by atoms with Crippen LogP contribution in [0.1, 0.15) is 0 Å². The highest BCUT2D eigenvalue weighted by molar-refractivity contribution is 6.31. The van der Waals surface area contributed by atoms with Gasteiger partial charge in [-0.1, -0.05) is 18.2 Å². The summed E-state index contributed by atoms with van der Waals surface area (Å²) in [5, 5.41) is 14.4. The Labute approximate surface area is 69.5 Å². The molecule has 1 aromatic rings. The average Bonchev–Trinajstić information content (AvgIpc) is 2.06. The van der Waals surface area contributed by atoms with E-state index < -0.39 is 5.91 Å². The Morgan fingerprint density at radius 3 is 2.67 bits per heavy atom. The van der Waals surface area contributed by atoms with E-state index in [1.165, 1.54) is 0 Å². The number of anilines is 1. The molecule has 0 aromatic heterocycles. The van der Waals surface area contributed by atoms with E-state index in [-0.39, 0.29) is 0 Å². The summed E-state index contributed by atoms with van der Waals surface area (Å²) in [6.45, 7) is 0. The van der Waals surface area contributed by atoms with Crippen LogP contribution in [0.4, 0.5) is 5.69 Å². The standard InChI is InChI=1S/C8H8N2O2/c11-8(6-9-12)10-7-4-2-1-3-5-7/h1-6,12H,(H,10,11)/p-1/b9-6+. The first-order valence-corrected chi connectivity index (χ1v) is 3.34. The fourth-order valence-corrected chi connectivity index (χ4v) is 0.744. The van der Waals surface area contributed by atoms with E-state index in [0.29, 0.717) is 11.9 Å². The van der Waals surface area contributed by atoms with Crippen LogP contribution in [-0.4, -0.2) is 12.1 Å². The summed E-state index contributed by atoms with van der Waals surface area (Å²) in [6.07, 6.45) is 0.687. The summed E-state index contributed by atoms with van der Waals surface area (Å²) >= 11 is 0. The molecule has 62 valence electrons. The van der Waals surface area contributed by atoms with E-state index in [0.717, 1.165) is 0 Å². The first-order chi connectivity index (χ1) is 5.83. The zero-order valence-electron chi connectivity index (χ0n) is 6.23. The van der Waals surface area contributed by atoms with Crippen molar-refractivity contribution in [3.05, 3.63) is 35.5 Å². The molecule has 0 aliphatic heterocycles. The van der Waals surface area contributed by atoms with E-state index in [1.807, 2.05) is 6.07 Å². The van der Waals surface area contributed by atoms with Gasteiger partial charge in [0.1, 0.15) is 0 Å². The summed E-state index contributed by atoms with van der Waals surface area (Å²) in [7, 11) is 0. The molecule has 0 atom stereocenters. The maximum Gasteiger partial charge on any atom is 0.265 e. The molecule has 0 saturated heterocycles. The van der Waals surface area contributed by atoms with Crippen LogP contribution in [0.5, 0.6) is 0 Å². The van der Waals surface area contributed by atoms with Crippen molar-refractivity contribution < 1.29 is 4.79 Å². The Morgan fingerprint density at radius 2 is 2.08 bits per heavy atom. The van der Waals surface area contributed by atoms with Crippen LogP contribution in [0, 0.1) is 5.21 Å². The fourth-order valence-electron chi connectivity index (χ4n) is 0.744. The number of nitrogens with zero attached hydrogens (tertiary/aromatic N) is 1. The Morgan fingerprint density at radius 1 is 1.42 bits per heavy atom. The third kappa shape index (κ3) is 2.42. The quantitative estimate of drug-likeness (QED) is 0.525. The highest BCUT2D eigenvalue weighted by Crippen LogP contribution is 2.03. The lowest BCUT2D eigenvalue weighted by Gasteiger charge is -2.00. The van der Waals surface area contributed by atoms with Crippen LogP contribution in [0.25, 0.3) is 0 Å². The van der Waals surface area contributed by atoms with Gasteiger partial charge in [-0.25, -0.2) is 0 Å². The van der Waals surface area contributed by atoms with Crippen LogP contribution in [-0.2, 0) is 4.79 Å². The summed E-state index contributed by atoms with van der Waals surface area (Å²) in [5.41, 5.74) is 0.641. The molecule has 0 aliphatic rings. The maximum atomic E-state index is 10.8. The van der Waals surface area contributed by atoms with Gasteiger partial charge in [0.2, 0.25) is 0 Å². The lowest BCUT2D eigenvalue weighted by molar-refractivity contribution is -0.109. The van der Waals surface area contributed by atoms with Gasteiger partial charge in [-0.3, -0.25) is 4.79 Å². The van der Waals surface area contributed by atoms with Gasteiger partial charge in [0.15, 0.2) is 0 Å². The van der Waals surface area contributed by atoms with Crippen LogP contribution < -0.4 is 5.32 Å². The zero-order chi connectivity index (χ0) is 8.81. The van der Waals surface area contributed by atoms with Gasteiger partial charge in [-0.05, 0) is 12.1 Å². The molecule has 0 bridgehead atoms. The molecule has 4 heteroatoms. The second-order valence-electron chi connectivity index (χ2n) is 2.09. The summed E-state index contributed by atoms with van der Waals surface area (Å²) in [5.74, 6) is -0.517. The molecule has 1 N–H and O–H groups in total. The number of para-hydroxylation sites is 1. The minimum absolute atomic E-state index is 0.517. The summed E-state index contributed by atoms with van der Waals surface area (Å²) in [4.78, 5) is 10.8. The topological polar surface area (TPSA) is 64.5 Å². The number of carbonyl (C=O) groups is 1. The first-order valence-electron chi connectivity index (χ1n) is 3.34. The third-order valence-corrected chi connectivity index (χ3v) is 1.21. The molecule has 0 fully saturated rings. The second kappa shape index (κ2) is 4.12. The van der Waals surface area contributed by atoms with Crippen molar-refractivity contribution in [3.8, 4) is 0 Å². The van der Waals surface area contributed by atoms with Crippen molar-refractivity contribution in [3.63, 3.8) is 0 Å². The number of carbonyl (C=O) groups excluding carboxylic acids is 1. The zero-order valence-corrected chi connectivity index (χ0v) is 6.23. The molecule has 0 heterocycles. The first kappa shape index (κ1) is 8.26. The summed E-state index contributed by atoms with van der Waals surface area (Å²) in [6, 6.07) is 8.83. The minimum atomic E-state index is -0.517. The van der Waals surface area contributed by atoms with Gasteiger partial charge in [0.25, 0.3) is 5.91 Å². The molecule has 4 nitrogen and oxygen atoms in total. The van der Waals surface area contributed by atoms with Gasteiger partial charge in [-0.2, -0.15) is 0 Å². The van der Waals surface area contributed by atoms with E-state index in [2.05, 4.69) is 10.5 Å².